The molecule has 0 bridgehead atoms. The Kier molecular flexibility index (Phi) is 8.93. The van der Waals surface area contributed by atoms with Crippen LogP contribution in [0.25, 0.3) is 10.4 Å². The molecule has 3 heterocycles. The fourth-order valence-corrected chi connectivity index (χ4v) is 5.79. The third kappa shape index (κ3) is 7.14. The number of carbonyl (C=O) groups excluding carboxylic acids is 3. The number of aliphatic hydroxyl groups excluding tert-OH is 1. The second kappa shape index (κ2) is 12.0. The molecule has 11 heteroatoms. The molecule has 0 aliphatic carbocycles. The number of aromatic nitrogens is 1. The van der Waals surface area contributed by atoms with Crippen molar-refractivity contribution in [2.75, 3.05) is 32.7 Å². The summed E-state index contributed by atoms with van der Waals surface area (Å²) in [6, 6.07) is 6.77. The number of β-amino-alcohol motifs (C(OH)–C–C–N with tert-alkyl or cyclic N) is 1. The molecule has 2 aromatic rings. The zero-order valence-electron chi connectivity index (χ0n) is 23.3. The monoisotopic (exact) mass is 557 g/mol. The molecule has 0 saturated carbocycles. The van der Waals surface area contributed by atoms with Crippen LogP contribution < -0.4 is 5.32 Å². The molecule has 0 spiro atoms. The van der Waals surface area contributed by atoms with Gasteiger partial charge in [-0.15, -0.1) is 11.3 Å². The number of benzene rings is 1. The fraction of sp³-hybridized carbons (Fsp3) is 0.571. The van der Waals surface area contributed by atoms with Crippen molar-refractivity contribution in [2.45, 2.75) is 71.4 Å². The molecule has 1 unspecified atom stereocenters. The van der Waals surface area contributed by atoms with Gasteiger partial charge in [0, 0.05) is 45.7 Å². The summed E-state index contributed by atoms with van der Waals surface area (Å²) < 4.78 is 5.46. The van der Waals surface area contributed by atoms with E-state index in [1.54, 1.807) is 16.2 Å². The number of ether oxygens (including phenoxy) is 1. The first kappa shape index (κ1) is 29.0. The van der Waals surface area contributed by atoms with Gasteiger partial charge < -0.3 is 25.0 Å². The van der Waals surface area contributed by atoms with Crippen molar-refractivity contribution in [1.29, 1.82) is 0 Å². The Balaban J connectivity index is 1.31. The van der Waals surface area contributed by atoms with Gasteiger partial charge in [-0.1, -0.05) is 24.3 Å². The molecule has 2 aliphatic rings. The van der Waals surface area contributed by atoms with E-state index in [1.807, 2.05) is 69.3 Å². The quantitative estimate of drug-likeness (QED) is 0.561. The largest absolute Gasteiger partial charge is 0.444 e. The highest BCUT2D eigenvalue weighted by Gasteiger charge is 2.41. The van der Waals surface area contributed by atoms with Gasteiger partial charge in [0.25, 0.3) is 0 Å². The molecular formula is C28H39N5O5S. The minimum atomic E-state index is -0.747. The predicted molar refractivity (Wildman–Crippen MR) is 149 cm³/mol. The lowest BCUT2D eigenvalue weighted by molar-refractivity contribution is -0.142. The van der Waals surface area contributed by atoms with E-state index < -0.39 is 23.8 Å². The Morgan fingerprint density at radius 1 is 1.15 bits per heavy atom. The van der Waals surface area contributed by atoms with Crippen molar-refractivity contribution in [2.24, 2.45) is 0 Å². The van der Waals surface area contributed by atoms with Crippen LogP contribution in [0.1, 0.15) is 45.4 Å². The highest BCUT2D eigenvalue weighted by atomic mass is 32.1. The van der Waals surface area contributed by atoms with Crippen LogP contribution >= 0.6 is 11.3 Å². The summed E-state index contributed by atoms with van der Waals surface area (Å²) >= 11 is 1.59. The number of rotatable bonds is 6. The predicted octanol–water partition coefficient (Wildman–Crippen LogP) is 2.64. The summed E-state index contributed by atoms with van der Waals surface area (Å²) in [5, 5.41) is 13.3. The lowest BCUT2D eigenvalue weighted by Gasteiger charge is -2.39. The molecule has 3 amide bonds. The zero-order valence-corrected chi connectivity index (χ0v) is 24.2. The number of likely N-dealkylation sites (tertiary alicyclic amines) is 1. The minimum absolute atomic E-state index is 0.127. The number of aryl methyl sites for hydroxylation is 1. The van der Waals surface area contributed by atoms with E-state index >= 15 is 0 Å². The van der Waals surface area contributed by atoms with E-state index in [4.69, 9.17) is 4.74 Å². The number of amides is 3. The summed E-state index contributed by atoms with van der Waals surface area (Å²) in [5.41, 5.74) is 4.29. The van der Waals surface area contributed by atoms with Crippen molar-refractivity contribution in [1.82, 2.24) is 25.0 Å². The lowest BCUT2D eigenvalue weighted by atomic mass is 10.1. The molecule has 2 saturated heterocycles. The van der Waals surface area contributed by atoms with Gasteiger partial charge in [-0.25, -0.2) is 9.78 Å². The number of hydrogen-bond donors (Lipinski definition) is 2. The number of thiazole rings is 1. The Hall–Kier alpha value is -3.02. The first-order chi connectivity index (χ1) is 18.4. The van der Waals surface area contributed by atoms with E-state index in [2.05, 4.69) is 10.3 Å². The first-order valence-corrected chi connectivity index (χ1v) is 14.3. The number of aliphatic hydroxyl groups is 1. The Morgan fingerprint density at radius 3 is 2.41 bits per heavy atom. The average Bonchev–Trinajstić information content (AvgIpc) is 3.51. The number of piperazine rings is 1. The van der Waals surface area contributed by atoms with Gasteiger partial charge in [0.15, 0.2) is 0 Å². The van der Waals surface area contributed by atoms with Crippen molar-refractivity contribution in [3.8, 4) is 10.4 Å². The van der Waals surface area contributed by atoms with Gasteiger partial charge in [0.1, 0.15) is 11.6 Å². The third-order valence-electron chi connectivity index (χ3n) is 7.16. The molecule has 1 aromatic carbocycles. The summed E-state index contributed by atoms with van der Waals surface area (Å²) in [6.45, 7) is 11.7. The van der Waals surface area contributed by atoms with Crippen molar-refractivity contribution >= 4 is 29.2 Å². The van der Waals surface area contributed by atoms with E-state index in [9.17, 15) is 19.5 Å². The summed E-state index contributed by atoms with van der Waals surface area (Å²) in [7, 11) is 0. The second-order valence-corrected chi connectivity index (χ2v) is 12.1. The smallest absolute Gasteiger partial charge is 0.410 e. The number of nitrogens with zero attached hydrogens (tertiary/aromatic N) is 4. The Morgan fingerprint density at radius 2 is 1.82 bits per heavy atom. The maximum atomic E-state index is 13.4. The molecule has 1 aromatic heterocycles. The minimum Gasteiger partial charge on any atom is -0.444 e. The van der Waals surface area contributed by atoms with Crippen molar-refractivity contribution < 1.29 is 24.2 Å². The van der Waals surface area contributed by atoms with Gasteiger partial charge in [-0.2, -0.15) is 0 Å². The second-order valence-electron chi connectivity index (χ2n) is 11.3. The van der Waals surface area contributed by atoms with Gasteiger partial charge in [0.2, 0.25) is 11.8 Å². The van der Waals surface area contributed by atoms with Gasteiger partial charge in [-0.05, 0) is 45.7 Å². The molecule has 2 N–H and O–H groups in total. The lowest BCUT2D eigenvalue weighted by Crippen LogP contribution is -2.57. The number of hydrogen-bond acceptors (Lipinski definition) is 8. The van der Waals surface area contributed by atoms with Crippen LogP contribution in [0, 0.1) is 6.92 Å². The molecule has 212 valence electrons. The first-order valence-electron chi connectivity index (χ1n) is 13.4. The topological polar surface area (TPSA) is 115 Å². The molecule has 39 heavy (non-hydrogen) atoms. The molecule has 0 radical (unpaired) electrons. The van der Waals surface area contributed by atoms with Crippen LogP contribution in [0.2, 0.25) is 0 Å². The number of nitrogens with one attached hydrogen (secondary N) is 1. The van der Waals surface area contributed by atoms with Crippen LogP contribution in [0.5, 0.6) is 0 Å². The van der Waals surface area contributed by atoms with Gasteiger partial charge in [0.05, 0.1) is 28.2 Å². The highest BCUT2D eigenvalue weighted by Crippen LogP contribution is 2.27. The summed E-state index contributed by atoms with van der Waals surface area (Å²) in [4.78, 5) is 49.5. The summed E-state index contributed by atoms with van der Waals surface area (Å²) in [5.74, 6) is -0.467. The Bertz CT molecular complexity index is 1170. The molecule has 2 aliphatic heterocycles. The third-order valence-corrected chi connectivity index (χ3v) is 8.14. The molecule has 3 atom stereocenters. The zero-order chi connectivity index (χ0) is 28.3. The van der Waals surface area contributed by atoms with E-state index in [0.717, 1.165) is 21.7 Å². The number of carbonyl (C=O) groups is 3. The van der Waals surface area contributed by atoms with Gasteiger partial charge >= 0.3 is 6.09 Å². The van der Waals surface area contributed by atoms with E-state index in [0.29, 0.717) is 32.7 Å². The Labute approximate surface area is 233 Å². The average molecular weight is 558 g/mol. The van der Waals surface area contributed by atoms with Gasteiger partial charge in [-0.3, -0.25) is 14.5 Å². The van der Waals surface area contributed by atoms with E-state index in [-0.39, 0.29) is 30.9 Å². The summed E-state index contributed by atoms with van der Waals surface area (Å²) in [6.07, 6.45) is -0.892. The van der Waals surface area contributed by atoms with Crippen LogP contribution in [0.15, 0.2) is 29.8 Å². The molecular weight excluding hydrogens is 518 g/mol. The SMILES string of the molecule is Cc1ncsc1-c1ccc(CNC(=O)C2C[C@@H](O)CN2C(=O)[C@H](C)N2CCN(C(=O)OC(C)(C)C)CC2)cc1. The molecule has 4 rings (SSSR count). The molecule has 10 nitrogen and oxygen atoms in total. The molecule has 2 fully saturated rings. The van der Waals surface area contributed by atoms with Crippen molar-refractivity contribution in [3.63, 3.8) is 0 Å². The maximum Gasteiger partial charge on any atom is 0.410 e. The van der Waals surface area contributed by atoms with Crippen LogP contribution in [-0.4, -0.2) is 99.2 Å². The maximum absolute atomic E-state index is 13.4. The van der Waals surface area contributed by atoms with E-state index in [1.165, 1.54) is 4.90 Å². The van der Waals surface area contributed by atoms with Crippen LogP contribution in [0.3, 0.4) is 0 Å². The fourth-order valence-electron chi connectivity index (χ4n) is 4.98. The standard InChI is InChI=1S/C28H39N5O5S/c1-18-24(39-17-30-18)21-8-6-20(7-9-21)15-29-25(35)23-14-22(34)16-33(23)26(36)19(2)31-10-12-32(13-11-31)27(37)38-28(3,4)5/h6-9,17,19,22-23,34H,10-16H2,1-5H3,(H,29,35)/t19-,22+,23?/m0/s1. The van der Waals surface area contributed by atoms with Crippen LogP contribution in [-0.2, 0) is 20.9 Å². The normalized spacial score (nSPS) is 21.1. The van der Waals surface area contributed by atoms with Crippen molar-refractivity contribution in [3.05, 3.63) is 41.0 Å². The van der Waals surface area contributed by atoms with Crippen LogP contribution in [0.4, 0.5) is 4.79 Å². The highest BCUT2D eigenvalue weighted by molar-refractivity contribution is 7.13.